The summed E-state index contributed by atoms with van der Waals surface area (Å²) >= 11 is 1.19. The number of hydrogen-bond donors (Lipinski definition) is 0. The molecular weight excluding hydrogens is 387 g/mol. The van der Waals surface area contributed by atoms with E-state index in [1.54, 1.807) is 18.2 Å². The van der Waals surface area contributed by atoms with E-state index in [0.717, 1.165) is 5.56 Å². The summed E-state index contributed by atoms with van der Waals surface area (Å²) in [4.78, 5) is 30.3. The van der Waals surface area contributed by atoms with Crippen LogP contribution in [0.4, 0.5) is 4.39 Å². The van der Waals surface area contributed by atoms with E-state index in [-0.39, 0.29) is 17.1 Å². The predicted octanol–water partition coefficient (Wildman–Crippen LogP) is 4.81. The molecule has 0 aliphatic rings. The van der Waals surface area contributed by atoms with Crippen molar-refractivity contribution >= 4 is 28.4 Å². The van der Waals surface area contributed by atoms with Gasteiger partial charge >= 0.3 is 0 Å². The van der Waals surface area contributed by atoms with Gasteiger partial charge in [0.15, 0.2) is 10.9 Å². The Bertz CT molecular complexity index is 1250. The maximum Gasteiger partial charge on any atom is 0.266 e. The third kappa shape index (κ3) is 3.98. The van der Waals surface area contributed by atoms with Crippen molar-refractivity contribution in [1.29, 1.82) is 0 Å². The molecule has 1 aromatic heterocycles. The standard InChI is InChI=1S/C23H17FN2O2S/c1-15-6-12-18(13-7-15)26-22(28)19-4-2-3-5-20(19)25-23(26)29-14-21(27)16-8-10-17(24)11-9-16/h2-13H,14H2,1H3. The van der Waals surface area contributed by atoms with Crippen LogP contribution in [0.25, 0.3) is 16.6 Å². The average Bonchev–Trinajstić information content (AvgIpc) is 2.73. The van der Waals surface area contributed by atoms with Gasteiger partial charge in [-0.15, -0.1) is 0 Å². The number of fused-ring (bicyclic) bond motifs is 1. The zero-order chi connectivity index (χ0) is 20.4. The zero-order valence-corrected chi connectivity index (χ0v) is 16.4. The van der Waals surface area contributed by atoms with E-state index in [0.29, 0.717) is 27.3 Å². The molecular formula is C23H17FN2O2S. The quantitative estimate of drug-likeness (QED) is 0.272. The van der Waals surface area contributed by atoms with E-state index in [2.05, 4.69) is 4.98 Å². The second-order valence-electron chi connectivity index (χ2n) is 6.61. The Kier molecular flexibility index (Phi) is 5.27. The minimum absolute atomic E-state index is 0.0856. The van der Waals surface area contributed by atoms with Crippen molar-refractivity contribution in [2.75, 3.05) is 5.75 Å². The molecule has 0 saturated carbocycles. The first-order chi connectivity index (χ1) is 14.0. The van der Waals surface area contributed by atoms with Crippen LogP contribution in [-0.2, 0) is 0 Å². The van der Waals surface area contributed by atoms with Gasteiger partial charge in [-0.2, -0.15) is 0 Å². The van der Waals surface area contributed by atoms with Crippen molar-refractivity contribution in [3.8, 4) is 5.69 Å². The van der Waals surface area contributed by atoms with Crippen LogP contribution >= 0.6 is 11.8 Å². The Balaban J connectivity index is 1.75. The summed E-state index contributed by atoms with van der Waals surface area (Å²) in [5, 5.41) is 0.954. The third-order valence-corrected chi connectivity index (χ3v) is 5.47. The Morgan fingerprint density at radius 1 is 1.00 bits per heavy atom. The summed E-state index contributed by atoms with van der Waals surface area (Å²) in [6.07, 6.45) is 0. The number of thioether (sulfide) groups is 1. The Hall–Kier alpha value is -3.25. The van der Waals surface area contributed by atoms with E-state index >= 15 is 0 Å². The normalized spacial score (nSPS) is 11.0. The Labute approximate surface area is 171 Å². The molecule has 0 aliphatic heterocycles. The number of nitrogens with zero attached hydrogens (tertiary/aromatic N) is 2. The van der Waals surface area contributed by atoms with E-state index < -0.39 is 5.82 Å². The van der Waals surface area contributed by atoms with Gasteiger partial charge < -0.3 is 0 Å². The third-order valence-electron chi connectivity index (χ3n) is 4.54. The highest BCUT2D eigenvalue weighted by atomic mass is 32.2. The topological polar surface area (TPSA) is 52.0 Å². The minimum atomic E-state index is -0.390. The summed E-state index contributed by atoms with van der Waals surface area (Å²) in [6.45, 7) is 1.97. The number of aromatic nitrogens is 2. The highest BCUT2D eigenvalue weighted by Gasteiger charge is 2.15. The second-order valence-corrected chi connectivity index (χ2v) is 7.55. The molecule has 1 heterocycles. The van der Waals surface area contributed by atoms with Crippen molar-refractivity contribution in [3.05, 3.63) is 100 Å². The fraction of sp³-hybridized carbons (Fsp3) is 0.0870. The van der Waals surface area contributed by atoms with Crippen molar-refractivity contribution < 1.29 is 9.18 Å². The van der Waals surface area contributed by atoms with Gasteiger partial charge in [-0.1, -0.05) is 41.6 Å². The molecule has 0 aliphatic carbocycles. The molecule has 0 N–H and O–H groups in total. The van der Waals surface area contributed by atoms with Crippen molar-refractivity contribution in [3.63, 3.8) is 0 Å². The second kappa shape index (κ2) is 8.01. The van der Waals surface area contributed by atoms with Crippen LogP contribution in [-0.4, -0.2) is 21.1 Å². The van der Waals surface area contributed by atoms with Crippen molar-refractivity contribution in [2.45, 2.75) is 12.1 Å². The molecule has 0 unspecified atom stereocenters. The minimum Gasteiger partial charge on any atom is -0.293 e. The molecule has 29 heavy (non-hydrogen) atoms. The molecule has 0 spiro atoms. The van der Waals surface area contributed by atoms with Gasteiger partial charge in [0, 0.05) is 5.56 Å². The number of rotatable bonds is 5. The number of Topliss-reactive ketones (excluding diaryl/α,β-unsaturated/α-hetero) is 1. The molecule has 4 rings (SSSR count). The molecule has 3 aromatic carbocycles. The fourth-order valence-corrected chi connectivity index (χ4v) is 3.89. The van der Waals surface area contributed by atoms with Crippen molar-refractivity contribution in [2.24, 2.45) is 0 Å². The van der Waals surface area contributed by atoms with E-state index in [4.69, 9.17) is 0 Å². The highest BCUT2D eigenvalue weighted by Crippen LogP contribution is 2.22. The number of ketones is 1. The maximum atomic E-state index is 13.2. The Morgan fingerprint density at radius 3 is 2.41 bits per heavy atom. The smallest absolute Gasteiger partial charge is 0.266 e. The first-order valence-corrected chi connectivity index (χ1v) is 10.0. The molecule has 4 nitrogen and oxygen atoms in total. The first kappa shape index (κ1) is 19.1. The number of para-hydroxylation sites is 1. The zero-order valence-electron chi connectivity index (χ0n) is 15.6. The molecule has 144 valence electrons. The van der Waals surface area contributed by atoms with Crippen LogP contribution in [0.5, 0.6) is 0 Å². The lowest BCUT2D eigenvalue weighted by Gasteiger charge is -2.13. The van der Waals surface area contributed by atoms with Gasteiger partial charge in [-0.05, 0) is 55.5 Å². The Morgan fingerprint density at radius 2 is 1.69 bits per heavy atom. The van der Waals surface area contributed by atoms with Crippen molar-refractivity contribution in [1.82, 2.24) is 9.55 Å². The summed E-state index contributed by atoms with van der Waals surface area (Å²) in [7, 11) is 0. The molecule has 0 radical (unpaired) electrons. The molecule has 6 heteroatoms. The van der Waals surface area contributed by atoms with E-state index in [1.807, 2.05) is 37.3 Å². The number of aryl methyl sites for hydroxylation is 1. The van der Waals surface area contributed by atoms with Crippen LogP contribution in [0.3, 0.4) is 0 Å². The van der Waals surface area contributed by atoms with Crippen LogP contribution in [0.1, 0.15) is 15.9 Å². The number of halogens is 1. The molecule has 0 saturated heterocycles. The summed E-state index contributed by atoms with van der Waals surface area (Å²) in [5.74, 6) is -0.464. The van der Waals surface area contributed by atoms with Crippen LogP contribution in [0.15, 0.2) is 82.7 Å². The number of benzene rings is 3. The molecule has 0 fully saturated rings. The summed E-state index contributed by atoms with van der Waals surface area (Å²) < 4.78 is 14.6. The van der Waals surface area contributed by atoms with Gasteiger partial charge in [0.2, 0.25) is 0 Å². The lowest BCUT2D eigenvalue weighted by molar-refractivity contribution is 0.102. The number of hydrogen-bond acceptors (Lipinski definition) is 4. The van der Waals surface area contributed by atoms with E-state index in [1.165, 1.54) is 40.6 Å². The van der Waals surface area contributed by atoms with Gasteiger partial charge in [-0.25, -0.2) is 9.37 Å². The molecule has 0 bridgehead atoms. The lowest BCUT2D eigenvalue weighted by Crippen LogP contribution is -2.22. The van der Waals surface area contributed by atoms with Crippen LogP contribution in [0.2, 0.25) is 0 Å². The molecule has 0 amide bonds. The SMILES string of the molecule is Cc1ccc(-n2c(SCC(=O)c3ccc(F)cc3)nc3ccccc3c2=O)cc1. The number of carbonyl (C=O) groups excluding carboxylic acids is 1. The largest absolute Gasteiger partial charge is 0.293 e. The number of carbonyl (C=O) groups is 1. The van der Waals surface area contributed by atoms with E-state index in [9.17, 15) is 14.0 Å². The maximum absolute atomic E-state index is 13.2. The summed E-state index contributed by atoms with van der Waals surface area (Å²) in [5.41, 5.74) is 2.59. The summed E-state index contributed by atoms with van der Waals surface area (Å²) in [6, 6.07) is 20.2. The highest BCUT2D eigenvalue weighted by molar-refractivity contribution is 7.99. The van der Waals surface area contributed by atoms with Gasteiger partial charge in [0.25, 0.3) is 5.56 Å². The van der Waals surface area contributed by atoms with Crippen LogP contribution in [0, 0.1) is 12.7 Å². The van der Waals surface area contributed by atoms with Gasteiger partial charge in [-0.3, -0.25) is 14.2 Å². The average molecular weight is 404 g/mol. The predicted molar refractivity (Wildman–Crippen MR) is 114 cm³/mol. The van der Waals surface area contributed by atoms with Gasteiger partial charge in [0.05, 0.1) is 22.3 Å². The van der Waals surface area contributed by atoms with Gasteiger partial charge in [0.1, 0.15) is 5.82 Å². The fourth-order valence-electron chi connectivity index (χ4n) is 2.98. The lowest BCUT2D eigenvalue weighted by atomic mass is 10.1. The molecule has 4 aromatic rings. The van der Waals surface area contributed by atoms with Crippen LogP contribution < -0.4 is 5.56 Å². The monoisotopic (exact) mass is 404 g/mol. The molecule has 0 atom stereocenters. The first-order valence-electron chi connectivity index (χ1n) is 9.03.